The number of rotatable bonds is 5. The average Bonchev–Trinajstić information content (AvgIpc) is 3.10. The molecule has 8 nitrogen and oxygen atoms in total. The highest BCUT2D eigenvalue weighted by molar-refractivity contribution is 5.67. The molecule has 2 N–H and O–H groups in total. The molecule has 1 saturated heterocycles. The monoisotopic (exact) mass is 356 g/mol. The van der Waals surface area contributed by atoms with Crippen molar-refractivity contribution in [3.8, 4) is 0 Å². The van der Waals surface area contributed by atoms with E-state index >= 15 is 0 Å². The third kappa shape index (κ3) is 3.30. The minimum absolute atomic E-state index is 0.0616. The van der Waals surface area contributed by atoms with E-state index in [1.165, 1.54) is 5.70 Å². The normalized spacial score (nSPS) is 20.8. The maximum Gasteiger partial charge on any atom is 0.181 e. The number of ether oxygens (including phenoxy) is 1. The van der Waals surface area contributed by atoms with Crippen molar-refractivity contribution in [2.24, 2.45) is 5.92 Å². The molecule has 4 rings (SSSR count). The predicted molar refractivity (Wildman–Crippen MR) is 98.6 cm³/mol. The Kier molecular flexibility index (Phi) is 4.85. The molecule has 138 valence electrons. The molecule has 0 spiro atoms. The molecule has 1 atom stereocenters. The van der Waals surface area contributed by atoms with Crippen molar-refractivity contribution in [1.29, 1.82) is 0 Å². The van der Waals surface area contributed by atoms with E-state index in [9.17, 15) is 0 Å². The van der Waals surface area contributed by atoms with Gasteiger partial charge >= 0.3 is 0 Å². The maximum atomic E-state index is 8.98. The summed E-state index contributed by atoms with van der Waals surface area (Å²) in [5.74, 6) is 1.81. The summed E-state index contributed by atoms with van der Waals surface area (Å²) in [7, 11) is 0. The third-order valence-corrected chi connectivity index (χ3v) is 4.86. The lowest BCUT2D eigenvalue weighted by Crippen LogP contribution is -2.36. The number of aliphatic hydroxyl groups excluding tert-OH is 1. The molecule has 26 heavy (non-hydrogen) atoms. The number of aromatic nitrogens is 4. The van der Waals surface area contributed by atoms with E-state index < -0.39 is 0 Å². The van der Waals surface area contributed by atoms with Gasteiger partial charge in [0, 0.05) is 30.9 Å². The zero-order chi connectivity index (χ0) is 17.9. The number of hydrogen-bond donors (Lipinski definition) is 2. The first-order valence-electron chi connectivity index (χ1n) is 9.07. The molecule has 0 aromatic carbocycles. The van der Waals surface area contributed by atoms with Crippen LogP contribution in [0.5, 0.6) is 0 Å². The van der Waals surface area contributed by atoms with Gasteiger partial charge in [-0.1, -0.05) is 13.0 Å². The zero-order valence-electron chi connectivity index (χ0n) is 14.9. The molecule has 1 unspecified atom stereocenters. The topological polar surface area (TPSA) is 87.8 Å². The minimum Gasteiger partial charge on any atom is -0.395 e. The highest BCUT2D eigenvalue weighted by atomic mass is 16.5. The highest BCUT2D eigenvalue weighted by Gasteiger charge is 2.24. The molecule has 0 bridgehead atoms. The van der Waals surface area contributed by atoms with Crippen LogP contribution in [0, 0.1) is 5.92 Å². The van der Waals surface area contributed by atoms with Gasteiger partial charge in [0.2, 0.25) is 0 Å². The first-order chi connectivity index (χ1) is 12.8. The number of allylic oxidation sites excluding steroid dienone is 4. The Bertz CT molecular complexity index is 837. The Hall–Kier alpha value is -2.45. The van der Waals surface area contributed by atoms with Crippen molar-refractivity contribution < 1.29 is 9.84 Å². The van der Waals surface area contributed by atoms with Crippen molar-refractivity contribution in [2.45, 2.75) is 13.3 Å². The number of nitrogens with one attached hydrogen (secondary N) is 1. The van der Waals surface area contributed by atoms with E-state index in [1.54, 1.807) is 4.52 Å². The summed E-state index contributed by atoms with van der Waals surface area (Å²) in [6, 6.07) is 3.73. The van der Waals surface area contributed by atoms with Gasteiger partial charge in [0.25, 0.3) is 0 Å². The van der Waals surface area contributed by atoms with Crippen LogP contribution in [0.1, 0.15) is 19.2 Å². The van der Waals surface area contributed by atoms with Gasteiger partial charge in [-0.05, 0) is 30.5 Å². The van der Waals surface area contributed by atoms with Gasteiger partial charge < -0.3 is 20.1 Å². The SMILES string of the molecule is CC1CC(N2CCOCC2)=CC=C1c1nnc2ccc(NCCO)nn12. The molecule has 1 fully saturated rings. The van der Waals surface area contributed by atoms with Gasteiger partial charge in [-0.2, -0.15) is 4.52 Å². The molecule has 0 radical (unpaired) electrons. The van der Waals surface area contributed by atoms with E-state index in [0.717, 1.165) is 44.1 Å². The van der Waals surface area contributed by atoms with E-state index in [1.807, 2.05) is 12.1 Å². The second-order valence-corrected chi connectivity index (χ2v) is 6.65. The quantitative estimate of drug-likeness (QED) is 0.831. The van der Waals surface area contributed by atoms with E-state index in [4.69, 9.17) is 9.84 Å². The average molecular weight is 356 g/mol. The zero-order valence-corrected chi connectivity index (χ0v) is 14.9. The van der Waals surface area contributed by atoms with Crippen LogP contribution in [-0.4, -0.2) is 69.3 Å². The summed E-state index contributed by atoms with van der Waals surface area (Å²) in [6.07, 6.45) is 5.31. The fourth-order valence-electron chi connectivity index (χ4n) is 3.47. The molecule has 0 amide bonds. The standard InChI is InChI=1S/C18H24N6O2/c1-13-12-14(23-7-10-26-11-8-23)2-3-15(13)18-21-20-17-5-4-16(19-6-9-25)22-24(17)18/h2-5,13,25H,6-12H2,1H3,(H,19,22). The minimum atomic E-state index is 0.0616. The lowest BCUT2D eigenvalue weighted by atomic mass is 9.90. The maximum absolute atomic E-state index is 8.98. The number of nitrogens with zero attached hydrogens (tertiary/aromatic N) is 5. The molecule has 2 aliphatic rings. The Morgan fingerprint density at radius 3 is 2.85 bits per heavy atom. The Morgan fingerprint density at radius 1 is 1.23 bits per heavy atom. The van der Waals surface area contributed by atoms with Crippen LogP contribution in [0.25, 0.3) is 11.2 Å². The fraction of sp³-hybridized carbons (Fsp3) is 0.500. The summed E-state index contributed by atoms with van der Waals surface area (Å²) in [5.41, 5.74) is 3.21. The number of anilines is 1. The largest absolute Gasteiger partial charge is 0.395 e. The third-order valence-electron chi connectivity index (χ3n) is 4.86. The lowest BCUT2D eigenvalue weighted by molar-refractivity contribution is 0.0514. The Morgan fingerprint density at radius 2 is 2.08 bits per heavy atom. The first-order valence-corrected chi connectivity index (χ1v) is 9.07. The molecule has 1 aliphatic heterocycles. The lowest BCUT2D eigenvalue weighted by Gasteiger charge is -2.34. The Balaban J connectivity index is 1.63. The summed E-state index contributed by atoms with van der Waals surface area (Å²) in [4.78, 5) is 2.41. The van der Waals surface area contributed by atoms with Crippen LogP contribution in [0.15, 0.2) is 30.0 Å². The van der Waals surface area contributed by atoms with Gasteiger partial charge in [0.1, 0.15) is 5.82 Å². The van der Waals surface area contributed by atoms with Crippen LogP contribution in [0.4, 0.5) is 5.82 Å². The fourth-order valence-corrected chi connectivity index (χ4v) is 3.47. The van der Waals surface area contributed by atoms with Crippen molar-refractivity contribution >= 4 is 17.0 Å². The van der Waals surface area contributed by atoms with Crippen molar-refractivity contribution in [3.05, 3.63) is 35.8 Å². The molecule has 2 aromatic heterocycles. The molecule has 1 aliphatic carbocycles. The van der Waals surface area contributed by atoms with Gasteiger partial charge in [-0.15, -0.1) is 15.3 Å². The molecular formula is C18H24N6O2. The van der Waals surface area contributed by atoms with Crippen molar-refractivity contribution in [2.75, 3.05) is 44.8 Å². The number of morpholine rings is 1. The van der Waals surface area contributed by atoms with E-state index in [2.05, 4.69) is 44.6 Å². The van der Waals surface area contributed by atoms with Crippen LogP contribution in [0.2, 0.25) is 0 Å². The summed E-state index contributed by atoms with van der Waals surface area (Å²) >= 11 is 0. The molecule has 8 heteroatoms. The van der Waals surface area contributed by atoms with Crippen molar-refractivity contribution in [1.82, 2.24) is 24.7 Å². The number of aliphatic hydroxyl groups is 1. The van der Waals surface area contributed by atoms with Gasteiger partial charge in [-0.25, -0.2) is 0 Å². The number of hydrogen-bond acceptors (Lipinski definition) is 7. The second-order valence-electron chi connectivity index (χ2n) is 6.65. The molecule has 2 aromatic rings. The van der Waals surface area contributed by atoms with Crippen molar-refractivity contribution in [3.63, 3.8) is 0 Å². The Labute approximate surface area is 152 Å². The van der Waals surface area contributed by atoms with Crippen LogP contribution >= 0.6 is 0 Å². The van der Waals surface area contributed by atoms with Gasteiger partial charge in [-0.3, -0.25) is 0 Å². The molecule has 3 heterocycles. The van der Waals surface area contributed by atoms with E-state index in [0.29, 0.717) is 23.9 Å². The van der Waals surface area contributed by atoms with E-state index in [-0.39, 0.29) is 6.61 Å². The smallest absolute Gasteiger partial charge is 0.181 e. The summed E-state index contributed by atoms with van der Waals surface area (Å²) < 4.78 is 7.22. The second kappa shape index (κ2) is 7.43. The number of fused-ring (bicyclic) bond motifs is 1. The van der Waals surface area contributed by atoms with Crippen LogP contribution in [0.3, 0.4) is 0 Å². The molecular weight excluding hydrogens is 332 g/mol. The summed E-state index contributed by atoms with van der Waals surface area (Å²) in [6.45, 7) is 6.24. The van der Waals surface area contributed by atoms with Gasteiger partial charge in [0.15, 0.2) is 11.5 Å². The van der Waals surface area contributed by atoms with Gasteiger partial charge in [0.05, 0.1) is 19.8 Å². The summed E-state index contributed by atoms with van der Waals surface area (Å²) in [5, 5.41) is 25.2. The van der Waals surface area contributed by atoms with Crippen LogP contribution in [-0.2, 0) is 4.74 Å². The van der Waals surface area contributed by atoms with Crippen LogP contribution < -0.4 is 5.32 Å². The highest BCUT2D eigenvalue weighted by Crippen LogP contribution is 2.33. The predicted octanol–water partition coefficient (Wildman–Crippen LogP) is 1.17. The first kappa shape index (κ1) is 17.0. The molecule has 0 saturated carbocycles.